The third kappa shape index (κ3) is 2.19. The lowest BCUT2D eigenvalue weighted by Gasteiger charge is -2.24. The first kappa shape index (κ1) is 8.97. The van der Waals surface area contributed by atoms with Gasteiger partial charge in [0.2, 0.25) is 5.91 Å². The van der Waals surface area contributed by atoms with Crippen LogP contribution in [0.4, 0.5) is 0 Å². The van der Waals surface area contributed by atoms with E-state index in [-0.39, 0.29) is 11.7 Å². The summed E-state index contributed by atoms with van der Waals surface area (Å²) in [4.78, 5) is 23.8. The van der Waals surface area contributed by atoms with Gasteiger partial charge < -0.3 is 4.90 Å². The fraction of sp³-hybridized carbons (Fsp3) is 0.556. The van der Waals surface area contributed by atoms with Crippen molar-refractivity contribution in [3.8, 4) is 0 Å². The van der Waals surface area contributed by atoms with Crippen molar-refractivity contribution in [1.82, 2.24) is 4.90 Å². The van der Waals surface area contributed by atoms with Crippen molar-refractivity contribution in [1.29, 1.82) is 0 Å². The van der Waals surface area contributed by atoms with Crippen LogP contribution in [0, 0.1) is 0 Å². The first-order chi connectivity index (χ1) is 5.74. The minimum absolute atomic E-state index is 0.0185. The number of carbonyl (C=O) groups excluding carboxylic acids is 2. The van der Waals surface area contributed by atoms with Crippen LogP contribution >= 0.6 is 0 Å². The van der Waals surface area contributed by atoms with E-state index >= 15 is 0 Å². The van der Waals surface area contributed by atoms with Crippen molar-refractivity contribution >= 4 is 11.7 Å². The van der Waals surface area contributed by atoms with Gasteiger partial charge in [-0.25, -0.2) is 0 Å². The number of likely N-dealkylation sites (tertiary alicyclic amines) is 1. The number of rotatable bonds is 1. The van der Waals surface area contributed by atoms with Gasteiger partial charge in [0.15, 0.2) is 0 Å². The van der Waals surface area contributed by atoms with Crippen LogP contribution in [0.15, 0.2) is 12.2 Å². The van der Waals surface area contributed by atoms with E-state index in [9.17, 15) is 9.59 Å². The zero-order chi connectivity index (χ0) is 8.97. The normalized spacial score (nSPS) is 18.8. The van der Waals surface area contributed by atoms with E-state index in [0.29, 0.717) is 25.9 Å². The summed E-state index contributed by atoms with van der Waals surface area (Å²) in [6.45, 7) is 2.98. The smallest absolute Gasteiger partial charge is 0.246 e. The Kier molecular flexibility index (Phi) is 3.02. The molecule has 3 nitrogen and oxygen atoms in total. The fourth-order valence-corrected chi connectivity index (χ4v) is 1.22. The summed E-state index contributed by atoms with van der Waals surface area (Å²) in [6.07, 6.45) is 4.29. The molecule has 0 atom stereocenters. The van der Waals surface area contributed by atoms with Gasteiger partial charge in [-0.2, -0.15) is 0 Å². The molecule has 0 aromatic carbocycles. The fourth-order valence-electron chi connectivity index (χ4n) is 1.22. The lowest BCUT2D eigenvalue weighted by atomic mass is 10.1. The van der Waals surface area contributed by atoms with E-state index in [2.05, 4.69) is 0 Å². The largest absolute Gasteiger partial charge is 0.338 e. The molecule has 66 valence electrons. The molecule has 0 bridgehead atoms. The number of amides is 1. The van der Waals surface area contributed by atoms with Gasteiger partial charge in [-0.05, 0) is 13.0 Å². The molecule has 1 aliphatic rings. The molecule has 0 spiro atoms. The number of hydrogen-bond acceptors (Lipinski definition) is 2. The molecular weight excluding hydrogens is 154 g/mol. The summed E-state index contributed by atoms with van der Waals surface area (Å²) in [6, 6.07) is 0. The molecule has 0 radical (unpaired) electrons. The molecule has 0 aromatic heterocycles. The second-order valence-corrected chi connectivity index (χ2v) is 2.86. The highest BCUT2D eigenvalue weighted by Crippen LogP contribution is 2.05. The van der Waals surface area contributed by atoms with Crippen molar-refractivity contribution in [2.75, 3.05) is 13.1 Å². The Hall–Kier alpha value is -1.12. The van der Waals surface area contributed by atoms with Crippen LogP contribution < -0.4 is 0 Å². The Morgan fingerprint density at radius 1 is 1.42 bits per heavy atom. The molecule has 1 fully saturated rings. The maximum Gasteiger partial charge on any atom is 0.246 e. The van der Waals surface area contributed by atoms with Crippen LogP contribution in [-0.2, 0) is 9.59 Å². The van der Waals surface area contributed by atoms with Crippen LogP contribution in [0.3, 0.4) is 0 Å². The SMILES string of the molecule is C/C=C/C(=O)N1CCC(=O)CC1. The molecule has 3 heteroatoms. The molecular formula is C9H13NO2. The molecule has 0 N–H and O–H groups in total. The summed E-state index contributed by atoms with van der Waals surface area (Å²) in [5.41, 5.74) is 0. The highest BCUT2D eigenvalue weighted by molar-refractivity contribution is 5.89. The average molecular weight is 167 g/mol. The molecule has 1 amide bonds. The minimum atomic E-state index is 0.0185. The summed E-state index contributed by atoms with van der Waals surface area (Å²) in [5, 5.41) is 0. The lowest BCUT2D eigenvalue weighted by molar-refractivity contribution is -0.130. The van der Waals surface area contributed by atoms with Crippen LogP contribution in [0.1, 0.15) is 19.8 Å². The topological polar surface area (TPSA) is 37.4 Å². The molecule has 0 saturated carbocycles. The third-order valence-corrected chi connectivity index (χ3v) is 1.94. The number of carbonyl (C=O) groups is 2. The van der Waals surface area contributed by atoms with Crippen molar-refractivity contribution in [3.05, 3.63) is 12.2 Å². The van der Waals surface area contributed by atoms with E-state index < -0.39 is 0 Å². The van der Waals surface area contributed by atoms with Gasteiger partial charge in [0, 0.05) is 25.9 Å². The van der Waals surface area contributed by atoms with Crippen molar-refractivity contribution in [2.24, 2.45) is 0 Å². The Balaban J connectivity index is 2.44. The zero-order valence-electron chi connectivity index (χ0n) is 7.25. The number of nitrogens with zero attached hydrogens (tertiary/aromatic N) is 1. The predicted molar refractivity (Wildman–Crippen MR) is 45.6 cm³/mol. The second kappa shape index (κ2) is 4.04. The molecule has 1 aliphatic heterocycles. The highest BCUT2D eigenvalue weighted by Gasteiger charge is 2.18. The molecule has 1 saturated heterocycles. The average Bonchev–Trinajstić information content (AvgIpc) is 2.06. The van der Waals surface area contributed by atoms with Crippen molar-refractivity contribution in [2.45, 2.75) is 19.8 Å². The monoisotopic (exact) mass is 167 g/mol. The van der Waals surface area contributed by atoms with Gasteiger partial charge in [0.1, 0.15) is 5.78 Å². The van der Waals surface area contributed by atoms with E-state index in [4.69, 9.17) is 0 Å². The highest BCUT2D eigenvalue weighted by atomic mass is 16.2. The van der Waals surface area contributed by atoms with Gasteiger partial charge in [0.05, 0.1) is 0 Å². The van der Waals surface area contributed by atoms with E-state index in [0.717, 1.165) is 0 Å². The Morgan fingerprint density at radius 3 is 2.50 bits per heavy atom. The first-order valence-corrected chi connectivity index (χ1v) is 4.17. The van der Waals surface area contributed by atoms with Gasteiger partial charge in [-0.3, -0.25) is 9.59 Å². The number of ketones is 1. The van der Waals surface area contributed by atoms with Crippen LogP contribution in [0.2, 0.25) is 0 Å². The molecule has 0 aromatic rings. The van der Waals surface area contributed by atoms with Gasteiger partial charge >= 0.3 is 0 Å². The van der Waals surface area contributed by atoms with Crippen LogP contribution in [0.5, 0.6) is 0 Å². The van der Waals surface area contributed by atoms with Crippen LogP contribution in [-0.4, -0.2) is 29.7 Å². The number of hydrogen-bond donors (Lipinski definition) is 0. The zero-order valence-corrected chi connectivity index (χ0v) is 7.25. The van der Waals surface area contributed by atoms with Gasteiger partial charge in [-0.15, -0.1) is 0 Å². The summed E-state index contributed by atoms with van der Waals surface area (Å²) in [7, 11) is 0. The summed E-state index contributed by atoms with van der Waals surface area (Å²) in [5.74, 6) is 0.282. The Bertz CT molecular complexity index is 211. The van der Waals surface area contributed by atoms with Gasteiger partial charge in [-0.1, -0.05) is 6.08 Å². The van der Waals surface area contributed by atoms with Crippen molar-refractivity contribution < 1.29 is 9.59 Å². The second-order valence-electron chi connectivity index (χ2n) is 2.86. The third-order valence-electron chi connectivity index (χ3n) is 1.94. The molecule has 1 heterocycles. The standard InChI is InChI=1S/C9H13NO2/c1-2-3-9(12)10-6-4-8(11)5-7-10/h2-3H,4-7H2,1H3/b3-2+. The minimum Gasteiger partial charge on any atom is -0.338 e. The molecule has 0 aliphatic carbocycles. The maximum absolute atomic E-state index is 11.2. The quantitative estimate of drug-likeness (QED) is 0.540. The summed E-state index contributed by atoms with van der Waals surface area (Å²) < 4.78 is 0. The molecule has 0 unspecified atom stereocenters. The number of allylic oxidation sites excluding steroid dienone is 1. The number of Topliss-reactive ketones (excluding diaryl/α,β-unsaturated/α-hetero) is 1. The summed E-state index contributed by atoms with van der Waals surface area (Å²) >= 11 is 0. The Labute approximate surface area is 72.0 Å². The van der Waals surface area contributed by atoms with Crippen LogP contribution in [0.25, 0.3) is 0 Å². The lowest BCUT2D eigenvalue weighted by Crippen LogP contribution is -2.37. The predicted octanol–water partition coefficient (Wildman–Crippen LogP) is 0.754. The van der Waals surface area contributed by atoms with E-state index in [1.165, 1.54) is 6.08 Å². The first-order valence-electron chi connectivity index (χ1n) is 4.17. The van der Waals surface area contributed by atoms with E-state index in [1.54, 1.807) is 11.0 Å². The maximum atomic E-state index is 11.2. The van der Waals surface area contributed by atoms with E-state index in [1.807, 2.05) is 6.92 Å². The molecule has 1 rings (SSSR count). The Morgan fingerprint density at radius 2 is 2.00 bits per heavy atom. The number of piperidine rings is 1. The van der Waals surface area contributed by atoms with Gasteiger partial charge in [0.25, 0.3) is 0 Å². The van der Waals surface area contributed by atoms with Crippen molar-refractivity contribution in [3.63, 3.8) is 0 Å². The molecule has 12 heavy (non-hydrogen) atoms.